The maximum absolute atomic E-state index is 11.8. The number of nitrogens with one attached hydrogen (secondary N) is 2. The van der Waals surface area contributed by atoms with Gasteiger partial charge in [0, 0.05) is 11.6 Å². The third kappa shape index (κ3) is 4.40. The molecule has 0 saturated heterocycles. The summed E-state index contributed by atoms with van der Waals surface area (Å²) in [5.41, 5.74) is 5.31. The molecule has 0 spiro atoms. The van der Waals surface area contributed by atoms with E-state index in [0.29, 0.717) is 11.3 Å². The minimum atomic E-state index is -1.12. The number of nitrogens with zero attached hydrogens (tertiary/aromatic N) is 1. The molecule has 0 radical (unpaired) electrons. The summed E-state index contributed by atoms with van der Waals surface area (Å²) in [6.07, 6.45) is -1.12. The second-order valence-corrected chi connectivity index (χ2v) is 4.69. The van der Waals surface area contributed by atoms with Gasteiger partial charge in [-0.15, -0.1) is 0 Å². The normalized spacial score (nSPS) is 11.4. The Balaban J connectivity index is 1.83. The number of hydrazine groups is 1. The highest BCUT2D eigenvalue weighted by molar-refractivity contribution is 5.96. The summed E-state index contributed by atoms with van der Waals surface area (Å²) in [6, 6.07) is 9.74. The lowest BCUT2D eigenvalue weighted by atomic mass is 10.2. The number of hydrogen-bond acceptors (Lipinski definition) is 6. The topological polar surface area (TPSA) is 111 Å². The van der Waals surface area contributed by atoms with E-state index in [4.69, 9.17) is 9.26 Å². The van der Waals surface area contributed by atoms with Gasteiger partial charge in [-0.2, -0.15) is 0 Å². The molecule has 0 aliphatic rings. The van der Waals surface area contributed by atoms with Crippen molar-refractivity contribution in [3.8, 4) is 0 Å². The summed E-state index contributed by atoms with van der Waals surface area (Å²) < 4.78 is 9.65. The van der Waals surface area contributed by atoms with Gasteiger partial charge < -0.3 is 9.26 Å². The van der Waals surface area contributed by atoms with Gasteiger partial charge in [-0.1, -0.05) is 23.4 Å². The Bertz CT molecular complexity index is 711. The van der Waals surface area contributed by atoms with Crippen LogP contribution in [0.3, 0.4) is 0 Å². The summed E-state index contributed by atoms with van der Waals surface area (Å²) >= 11 is 0. The first-order valence-corrected chi connectivity index (χ1v) is 6.77. The molecular formula is C15H15N3O5. The van der Waals surface area contributed by atoms with E-state index in [9.17, 15) is 14.4 Å². The van der Waals surface area contributed by atoms with Crippen LogP contribution < -0.4 is 10.9 Å². The molecule has 1 heterocycles. The van der Waals surface area contributed by atoms with Crippen LogP contribution in [0.2, 0.25) is 0 Å². The fraction of sp³-hybridized carbons (Fsp3) is 0.200. The van der Waals surface area contributed by atoms with E-state index in [0.717, 1.165) is 0 Å². The van der Waals surface area contributed by atoms with Gasteiger partial charge in [0.25, 0.3) is 11.8 Å². The number of carbonyl (C=O) groups is 3. The number of aromatic nitrogens is 1. The summed E-state index contributed by atoms with van der Waals surface area (Å²) in [6.45, 7) is 3.01. The van der Waals surface area contributed by atoms with Crippen LogP contribution in [-0.4, -0.2) is 29.0 Å². The van der Waals surface area contributed by atoms with Gasteiger partial charge in [0.05, 0.1) is 5.69 Å². The number of esters is 1. The predicted octanol–water partition coefficient (Wildman–Crippen LogP) is 0.990. The lowest BCUT2D eigenvalue weighted by Gasteiger charge is -2.13. The molecular weight excluding hydrogens is 302 g/mol. The number of amides is 2. The van der Waals surface area contributed by atoms with E-state index in [1.54, 1.807) is 37.3 Å². The largest absolute Gasteiger partial charge is 0.447 e. The Morgan fingerprint density at radius 1 is 1.17 bits per heavy atom. The van der Waals surface area contributed by atoms with Gasteiger partial charge in [-0.25, -0.2) is 4.79 Å². The van der Waals surface area contributed by atoms with Crippen LogP contribution in [0.5, 0.6) is 0 Å². The molecule has 0 aliphatic heterocycles. The number of rotatable bonds is 4. The molecule has 2 aromatic rings. The number of carbonyl (C=O) groups excluding carboxylic acids is 3. The molecule has 1 aromatic carbocycles. The van der Waals surface area contributed by atoms with E-state index in [-0.39, 0.29) is 5.76 Å². The van der Waals surface area contributed by atoms with E-state index < -0.39 is 23.9 Å². The minimum Gasteiger partial charge on any atom is -0.447 e. The molecule has 1 aromatic heterocycles. The van der Waals surface area contributed by atoms with Crippen LogP contribution >= 0.6 is 0 Å². The summed E-state index contributed by atoms with van der Waals surface area (Å²) in [5.74, 6) is -2.08. The quantitative estimate of drug-likeness (QED) is 0.642. The Hall–Kier alpha value is -3.16. The zero-order chi connectivity index (χ0) is 16.8. The zero-order valence-electron chi connectivity index (χ0n) is 12.5. The zero-order valence-corrected chi connectivity index (χ0v) is 12.5. The van der Waals surface area contributed by atoms with Crippen LogP contribution in [0.25, 0.3) is 0 Å². The highest BCUT2D eigenvalue weighted by Gasteiger charge is 2.22. The fourth-order valence-electron chi connectivity index (χ4n) is 1.61. The number of hydrogen-bond donors (Lipinski definition) is 2. The Kier molecular flexibility index (Phi) is 5.08. The lowest BCUT2D eigenvalue weighted by Crippen LogP contribution is -2.46. The molecule has 0 bridgehead atoms. The van der Waals surface area contributed by atoms with Gasteiger partial charge in [0.2, 0.25) is 5.76 Å². The standard InChI is InChI=1S/C15H15N3O5/c1-9-8-12(23-18-9)15(21)22-10(2)13(19)16-17-14(20)11-6-4-3-5-7-11/h3-8,10H,1-2H3,(H,16,19)(H,17,20)/t10-/m1/s1. The number of aryl methyl sites for hydroxylation is 1. The highest BCUT2D eigenvalue weighted by Crippen LogP contribution is 2.06. The Morgan fingerprint density at radius 2 is 1.87 bits per heavy atom. The van der Waals surface area contributed by atoms with Gasteiger partial charge >= 0.3 is 5.97 Å². The maximum atomic E-state index is 11.8. The first-order chi connectivity index (χ1) is 11.0. The van der Waals surface area contributed by atoms with Crippen LogP contribution in [0, 0.1) is 6.92 Å². The SMILES string of the molecule is Cc1cc(C(=O)O[C@H](C)C(=O)NNC(=O)c2ccccc2)on1. The van der Waals surface area contributed by atoms with Crippen molar-refractivity contribution in [1.29, 1.82) is 0 Å². The van der Waals surface area contributed by atoms with Crippen LogP contribution in [0.1, 0.15) is 33.5 Å². The first-order valence-electron chi connectivity index (χ1n) is 6.77. The molecule has 120 valence electrons. The summed E-state index contributed by atoms with van der Waals surface area (Å²) in [4.78, 5) is 35.3. The predicted molar refractivity (Wildman–Crippen MR) is 78.2 cm³/mol. The summed E-state index contributed by atoms with van der Waals surface area (Å²) in [5, 5.41) is 3.55. The summed E-state index contributed by atoms with van der Waals surface area (Å²) in [7, 11) is 0. The molecule has 1 atom stereocenters. The first kappa shape index (κ1) is 16.2. The molecule has 2 amide bonds. The van der Waals surface area contributed by atoms with Crippen molar-refractivity contribution in [2.45, 2.75) is 20.0 Å². The Morgan fingerprint density at radius 3 is 2.48 bits per heavy atom. The minimum absolute atomic E-state index is 0.101. The average Bonchev–Trinajstić information content (AvgIpc) is 2.99. The highest BCUT2D eigenvalue weighted by atomic mass is 16.6. The second kappa shape index (κ2) is 7.21. The van der Waals surface area contributed by atoms with Crippen LogP contribution in [-0.2, 0) is 9.53 Å². The van der Waals surface area contributed by atoms with E-state index >= 15 is 0 Å². The second-order valence-electron chi connectivity index (χ2n) is 4.69. The van der Waals surface area contributed by atoms with Crippen molar-refractivity contribution >= 4 is 17.8 Å². The van der Waals surface area contributed by atoms with Gasteiger partial charge in [-0.05, 0) is 26.0 Å². The van der Waals surface area contributed by atoms with E-state index in [1.165, 1.54) is 13.0 Å². The van der Waals surface area contributed by atoms with Gasteiger partial charge in [-0.3, -0.25) is 20.4 Å². The molecule has 0 aliphatic carbocycles. The fourth-order valence-corrected chi connectivity index (χ4v) is 1.61. The van der Waals surface area contributed by atoms with E-state index in [2.05, 4.69) is 16.0 Å². The average molecular weight is 317 g/mol. The third-order valence-corrected chi connectivity index (χ3v) is 2.82. The molecule has 8 nitrogen and oxygen atoms in total. The van der Waals surface area contributed by atoms with Gasteiger partial charge in [0.1, 0.15) is 0 Å². The molecule has 0 fully saturated rings. The van der Waals surface area contributed by atoms with Crippen LogP contribution in [0.4, 0.5) is 0 Å². The molecule has 2 N–H and O–H groups in total. The molecule has 0 saturated carbocycles. The monoisotopic (exact) mass is 317 g/mol. The molecule has 23 heavy (non-hydrogen) atoms. The van der Waals surface area contributed by atoms with E-state index in [1.807, 2.05) is 0 Å². The van der Waals surface area contributed by atoms with Crippen molar-refractivity contribution in [2.75, 3.05) is 0 Å². The van der Waals surface area contributed by atoms with Gasteiger partial charge in [0.15, 0.2) is 6.10 Å². The number of ether oxygens (including phenoxy) is 1. The Labute approximate surface area is 131 Å². The maximum Gasteiger partial charge on any atom is 0.377 e. The van der Waals surface area contributed by atoms with Crippen molar-refractivity contribution in [3.63, 3.8) is 0 Å². The van der Waals surface area contributed by atoms with Crippen LogP contribution in [0.15, 0.2) is 40.9 Å². The lowest BCUT2D eigenvalue weighted by molar-refractivity contribution is -0.129. The number of benzene rings is 1. The molecule has 0 unspecified atom stereocenters. The van der Waals surface area contributed by atoms with Crippen molar-refractivity contribution in [3.05, 3.63) is 53.4 Å². The van der Waals surface area contributed by atoms with Crippen molar-refractivity contribution in [1.82, 2.24) is 16.0 Å². The van der Waals surface area contributed by atoms with Crippen molar-refractivity contribution < 1.29 is 23.6 Å². The smallest absolute Gasteiger partial charge is 0.377 e. The third-order valence-electron chi connectivity index (χ3n) is 2.82. The molecule has 8 heteroatoms. The van der Waals surface area contributed by atoms with Crippen molar-refractivity contribution in [2.24, 2.45) is 0 Å². The molecule has 2 rings (SSSR count).